The van der Waals surface area contributed by atoms with Crippen LogP contribution in [-0.4, -0.2) is 41.7 Å². The molecule has 2 rings (SSSR count). The molecule has 2 heterocycles. The SMILES string of the molecule is CCCCCCc1nc(C(F)(F)C(F)(F)F)n(C(=O)n2cncn2)n1. The van der Waals surface area contributed by atoms with E-state index in [0.29, 0.717) is 11.1 Å². The molecule has 0 saturated heterocycles. The van der Waals surface area contributed by atoms with Gasteiger partial charge in [-0.2, -0.15) is 36.4 Å². The monoisotopic (exact) mass is 366 g/mol. The fraction of sp³-hybridized carbons (Fsp3) is 0.615. The van der Waals surface area contributed by atoms with Gasteiger partial charge in [0, 0.05) is 6.42 Å². The number of carbonyl (C=O) groups is 1. The van der Waals surface area contributed by atoms with Crippen LogP contribution in [0, 0.1) is 0 Å². The molecule has 2 aromatic heterocycles. The molecule has 0 aliphatic carbocycles. The zero-order valence-electron chi connectivity index (χ0n) is 13.2. The zero-order chi connectivity index (χ0) is 18.7. The molecule has 7 nitrogen and oxygen atoms in total. The average molecular weight is 366 g/mol. The lowest BCUT2D eigenvalue weighted by Crippen LogP contribution is -2.38. The topological polar surface area (TPSA) is 78.5 Å². The standard InChI is InChI=1S/C13H15F5N6O/c1-2-3-4-5-6-9-21-10(12(14,15)13(16,17)18)24(22-9)11(25)23-8-19-7-20-23/h7-8H,2-6H2,1H3. The summed E-state index contributed by atoms with van der Waals surface area (Å²) >= 11 is 0. The van der Waals surface area contributed by atoms with E-state index in [1.54, 1.807) is 0 Å². The van der Waals surface area contributed by atoms with Gasteiger partial charge in [-0.15, -0.1) is 5.10 Å². The van der Waals surface area contributed by atoms with Crippen molar-refractivity contribution in [3.05, 3.63) is 24.3 Å². The number of nitrogens with zero attached hydrogens (tertiary/aromatic N) is 6. The molecule has 0 radical (unpaired) electrons. The summed E-state index contributed by atoms with van der Waals surface area (Å²) in [4.78, 5) is 18.8. The van der Waals surface area contributed by atoms with Gasteiger partial charge in [0.2, 0.25) is 5.82 Å². The van der Waals surface area contributed by atoms with Crippen molar-refractivity contribution in [2.24, 2.45) is 0 Å². The van der Waals surface area contributed by atoms with E-state index in [1.807, 2.05) is 6.92 Å². The van der Waals surface area contributed by atoms with Crippen molar-refractivity contribution in [2.75, 3.05) is 0 Å². The van der Waals surface area contributed by atoms with E-state index in [-0.39, 0.29) is 16.9 Å². The van der Waals surface area contributed by atoms with Crippen LogP contribution in [0.15, 0.2) is 12.7 Å². The van der Waals surface area contributed by atoms with Crippen LogP contribution < -0.4 is 0 Å². The van der Waals surface area contributed by atoms with Crippen LogP contribution in [0.5, 0.6) is 0 Å². The molecule has 138 valence electrons. The summed E-state index contributed by atoms with van der Waals surface area (Å²) in [6.07, 6.45) is -0.991. The third-order valence-electron chi connectivity index (χ3n) is 3.34. The Morgan fingerprint density at radius 3 is 2.44 bits per heavy atom. The summed E-state index contributed by atoms with van der Waals surface area (Å²) < 4.78 is 66.0. The lowest BCUT2D eigenvalue weighted by atomic mass is 10.1. The van der Waals surface area contributed by atoms with Gasteiger partial charge >= 0.3 is 18.1 Å². The summed E-state index contributed by atoms with van der Waals surface area (Å²) in [5.74, 6) is -7.38. The number of rotatable bonds is 6. The lowest BCUT2D eigenvalue weighted by molar-refractivity contribution is -0.293. The Morgan fingerprint density at radius 1 is 1.16 bits per heavy atom. The number of aryl methyl sites for hydroxylation is 1. The Hall–Kier alpha value is -2.40. The first-order chi connectivity index (χ1) is 11.7. The summed E-state index contributed by atoms with van der Waals surface area (Å²) in [5, 5.41) is 6.95. The third-order valence-corrected chi connectivity index (χ3v) is 3.34. The molecule has 0 amide bonds. The normalized spacial score (nSPS) is 12.6. The fourth-order valence-electron chi connectivity index (χ4n) is 2.04. The molecule has 0 fully saturated rings. The van der Waals surface area contributed by atoms with Gasteiger partial charge in [-0.25, -0.2) is 14.8 Å². The number of unbranched alkanes of at least 4 members (excludes halogenated alkanes) is 3. The van der Waals surface area contributed by atoms with Gasteiger partial charge in [0.15, 0.2) is 5.82 Å². The maximum Gasteiger partial charge on any atom is 0.461 e. The second kappa shape index (κ2) is 7.23. The molecule has 0 spiro atoms. The molecule has 0 unspecified atom stereocenters. The molecule has 0 atom stereocenters. The molecular weight excluding hydrogens is 351 g/mol. The van der Waals surface area contributed by atoms with Crippen LogP contribution in [0.4, 0.5) is 26.7 Å². The van der Waals surface area contributed by atoms with Gasteiger partial charge in [0.05, 0.1) is 0 Å². The predicted molar refractivity (Wildman–Crippen MR) is 74.0 cm³/mol. The molecule has 0 N–H and O–H groups in total. The van der Waals surface area contributed by atoms with Gasteiger partial charge in [-0.3, -0.25) is 0 Å². The first-order valence-corrected chi connectivity index (χ1v) is 7.48. The van der Waals surface area contributed by atoms with E-state index in [1.165, 1.54) is 0 Å². The molecular formula is C13H15F5N6O. The van der Waals surface area contributed by atoms with Gasteiger partial charge in [0.25, 0.3) is 0 Å². The Kier molecular flexibility index (Phi) is 5.48. The van der Waals surface area contributed by atoms with E-state index in [2.05, 4.69) is 20.2 Å². The van der Waals surface area contributed by atoms with Crippen LogP contribution in [0.2, 0.25) is 0 Å². The van der Waals surface area contributed by atoms with Crippen molar-refractivity contribution < 1.29 is 26.7 Å². The fourth-order valence-corrected chi connectivity index (χ4v) is 2.04. The molecule has 0 aliphatic heterocycles. The van der Waals surface area contributed by atoms with Gasteiger partial charge < -0.3 is 0 Å². The highest BCUT2D eigenvalue weighted by Crippen LogP contribution is 2.43. The van der Waals surface area contributed by atoms with E-state index in [9.17, 15) is 26.7 Å². The van der Waals surface area contributed by atoms with Crippen molar-refractivity contribution in [2.45, 2.75) is 51.1 Å². The number of hydrogen-bond donors (Lipinski definition) is 0. The third kappa shape index (κ3) is 3.99. The minimum absolute atomic E-state index is 0.0721. The lowest BCUT2D eigenvalue weighted by Gasteiger charge is -2.18. The second-order valence-electron chi connectivity index (χ2n) is 5.27. The van der Waals surface area contributed by atoms with Crippen LogP contribution in [-0.2, 0) is 12.3 Å². The van der Waals surface area contributed by atoms with Crippen LogP contribution in [0.25, 0.3) is 0 Å². The minimum atomic E-state index is -5.92. The van der Waals surface area contributed by atoms with Crippen molar-refractivity contribution >= 4 is 6.03 Å². The van der Waals surface area contributed by atoms with E-state index >= 15 is 0 Å². The molecule has 0 aromatic carbocycles. The summed E-state index contributed by atoms with van der Waals surface area (Å²) in [6, 6.07) is -1.33. The van der Waals surface area contributed by atoms with E-state index in [4.69, 9.17) is 0 Å². The smallest absolute Gasteiger partial charge is 0.243 e. The summed E-state index contributed by atoms with van der Waals surface area (Å²) in [7, 11) is 0. The highest BCUT2D eigenvalue weighted by molar-refractivity contribution is 5.77. The number of hydrogen-bond acceptors (Lipinski definition) is 5. The highest BCUT2D eigenvalue weighted by atomic mass is 19.4. The van der Waals surface area contributed by atoms with Gasteiger partial charge in [0.1, 0.15) is 12.7 Å². The second-order valence-corrected chi connectivity index (χ2v) is 5.27. The largest absolute Gasteiger partial charge is 0.461 e. The average Bonchev–Trinajstić information content (AvgIpc) is 3.19. The molecule has 25 heavy (non-hydrogen) atoms. The molecule has 0 saturated carbocycles. The summed E-state index contributed by atoms with van der Waals surface area (Å²) in [6.45, 7) is 1.96. The molecule has 12 heteroatoms. The predicted octanol–water partition coefficient (Wildman–Crippen LogP) is 3.16. The van der Waals surface area contributed by atoms with Gasteiger partial charge in [-0.05, 0) is 6.42 Å². The highest BCUT2D eigenvalue weighted by Gasteiger charge is 2.62. The Morgan fingerprint density at radius 2 is 1.88 bits per heavy atom. The van der Waals surface area contributed by atoms with Crippen molar-refractivity contribution in [3.8, 4) is 0 Å². The number of alkyl halides is 5. The van der Waals surface area contributed by atoms with Crippen molar-refractivity contribution in [1.82, 2.24) is 29.5 Å². The molecule has 2 aromatic rings. The van der Waals surface area contributed by atoms with Crippen LogP contribution in [0.1, 0.15) is 44.3 Å². The molecule has 0 bridgehead atoms. The van der Waals surface area contributed by atoms with Crippen LogP contribution >= 0.6 is 0 Å². The molecule has 0 aliphatic rings. The maximum atomic E-state index is 13.7. The number of carbonyl (C=O) groups excluding carboxylic acids is 1. The minimum Gasteiger partial charge on any atom is -0.243 e. The summed E-state index contributed by atoms with van der Waals surface area (Å²) in [5.41, 5.74) is 0. The van der Waals surface area contributed by atoms with Crippen molar-refractivity contribution in [3.63, 3.8) is 0 Å². The maximum absolute atomic E-state index is 13.7. The first-order valence-electron chi connectivity index (χ1n) is 7.48. The number of aromatic nitrogens is 6. The number of halogens is 5. The Bertz CT molecular complexity index is 709. The Balaban J connectivity index is 2.38. The van der Waals surface area contributed by atoms with Crippen LogP contribution in [0.3, 0.4) is 0 Å². The quantitative estimate of drug-likeness (QED) is 0.580. The van der Waals surface area contributed by atoms with Gasteiger partial charge in [-0.1, -0.05) is 26.2 Å². The van der Waals surface area contributed by atoms with Crippen molar-refractivity contribution in [1.29, 1.82) is 0 Å². The Labute approximate surface area is 138 Å². The first kappa shape index (κ1) is 18.9. The van der Waals surface area contributed by atoms with E-state index < -0.39 is 24.0 Å². The zero-order valence-corrected chi connectivity index (χ0v) is 13.2. The van der Waals surface area contributed by atoms with E-state index in [0.717, 1.165) is 31.9 Å².